The van der Waals surface area contributed by atoms with Crippen LogP contribution in [0.4, 0.5) is 26.3 Å². The van der Waals surface area contributed by atoms with Crippen molar-refractivity contribution in [2.75, 3.05) is 14.1 Å². The van der Waals surface area contributed by atoms with E-state index in [4.69, 9.17) is 4.74 Å². The van der Waals surface area contributed by atoms with Crippen molar-refractivity contribution < 1.29 is 62.4 Å². The van der Waals surface area contributed by atoms with Crippen LogP contribution in [-0.2, 0) is 15.1 Å². The Morgan fingerprint density at radius 1 is 0.857 bits per heavy atom. The Morgan fingerprint density at radius 2 is 1.20 bits per heavy atom. The molecular formula is C24H24BrF6NO3. The van der Waals surface area contributed by atoms with Crippen molar-refractivity contribution >= 4 is 5.97 Å². The van der Waals surface area contributed by atoms with E-state index in [2.05, 4.69) is 0 Å². The minimum atomic E-state index is -3.15. The zero-order valence-electron chi connectivity index (χ0n) is 18.0. The van der Waals surface area contributed by atoms with E-state index in [0.717, 1.165) is 0 Å². The van der Waals surface area contributed by atoms with Gasteiger partial charge in [-0.3, -0.25) is 0 Å². The van der Waals surface area contributed by atoms with Gasteiger partial charge >= 0.3 is 5.97 Å². The summed E-state index contributed by atoms with van der Waals surface area (Å²) < 4.78 is 88.8. The number of halogens is 7. The maximum atomic E-state index is 13.9. The van der Waals surface area contributed by atoms with E-state index in [1.165, 1.54) is 0 Å². The molecule has 1 fully saturated rings. The van der Waals surface area contributed by atoms with Crippen LogP contribution in [0.2, 0.25) is 0 Å². The zero-order chi connectivity index (χ0) is 24.3. The standard InChI is InChI=1S/C23H20F6NO3.CH4.BrH/c1-30(2)13-3-4-14(30)10-15(9-13)33-22(31)23(32,11-5-16(24)20(28)17(25)6-11)12-7-18(26)21(29)19(27)8-12;;/h3-8,13-15,32H,9-10H2,1-2H3;1H4;1H/q+1;;/p-1/t13-,14?,15?;;/m1../s1. The molecule has 2 aliphatic rings. The molecule has 2 heterocycles. The first kappa shape index (κ1) is 28.9. The minimum absolute atomic E-state index is 0. The average Bonchev–Trinajstić information content (AvgIpc) is 2.91. The van der Waals surface area contributed by atoms with Crippen LogP contribution >= 0.6 is 0 Å². The van der Waals surface area contributed by atoms with Gasteiger partial charge in [-0.2, -0.15) is 0 Å². The first-order chi connectivity index (χ1) is 15.4. The van der Waals surface area contributed by atoms with E-state index in [-0.39, 0.29) is 36.5 Å². The van der Waals surface area contributed by atoms with Gasteiger partial charge in [-0.15, -0.1) is 0 Å². The maximum absolute atomic E-state index is 13.9. The number of hydrogen-bond acceptors (Lipinski definition) is 3. The summed E-state index contributed by atoms with van der Waals surface area (Å²) in [6.07, 6.45) is 3.94. The van der Waals surface area contributed by atoms with Crippen molar-refractivity contribution in [2.24, 2.45) is 0 Å². The second-order valence-corrected chi connectivity index (χ2v) is 8.87. The van der Waals surface area contributed by atoms with Gasteiger partial charge in [-0.1, -0.05) is 7.43 Å². The highest BCUT2D eigenvalue weighted by Gasteiger charge is 2.50. The number of ether oxygens (including phenoxy) is 1. The molecule has 0 aromatic heterocycles. The molecule has 2 aromatic rings. The fourth-order valence-electron chi connectivity index (χ4n) is 4.55. The molecule has 4 nitrogen and oxygen atoms in total. The summed E-state index contributed by atoms with van der Waals surface area (Å²) in [4.78, 5) is 13.2. The fraction of sp³-hybridized carbons (Fsp3) is 0.375. The SMILES string of the molecule is C.C[N+]1(C)C2C=C[C@@H]1CC(OC(=O)C(O)(c1cc(F)c(F)c(F)c1)c1cc(F)c(F)c(F)c1)C2.[Br-]. The first-order valence-corrected chi connectivity index (χ1v) is 10.1. The Bertz CT molecular complexity index is 1050. The molecule has 2 aliphatic heterocycles. The number of aliphatic hydroxyl groups is 1. The fourth-order valence-corrected chi connectivity index (χ4v) is 4.55. The van der Waals surface area contributed by atoms with E-state index < -0.39 is 63.7 Å². The molecule has 0 aliphatic carbocycles. The van der Waals surface area contributed by atoms with Gasteiger partial charge in [-0.25, -0.2) is 31.1 Å². The van der Waals surface area contributed by atoms with Gasteiger partial charge in [0.15, 0.2) is 34.9 Å². The van der Waals surface area contributed by atoms with Crippen LogP contribution < -0.4 is 17.0 Å². The quantitative estimate of drug-likeness (QED) is 0.200. The molecule has 0 amide bonds. The second kappa shape index (κ2) is 9.94. The number of nitrogens with zero attached hydrogens (tertiary/aromatic N) is 1. The van der Waals surface area contributed by atoms with Crippen LogP contribution in [0, 0.1) is 34.9 Å². The highest BCUT2D eigenvalue weighted by atomic mass is 79.9. The molecule has 192 valence electrons. The average molecular weight is 568 g/mol. The van der Waals surface area contributed by atoms with Gasteiger partial charge in [-0.05, 0) is 36.4 Å². The van der Waals surface area contributed by atoms with Gasteiger partial charge in [0.1, 0.15) is 18.2 Å². The van der Waals surface area contributed by atoms with E-state index >= 15 is 0 Å². The third-order valence-electron chi connectivity index (χ3n) is 6.65. The number of likely N-dealkylation sites (N-methyl/N-ethyl adjacent to an activating group) is 1. The van der Waals surface area contributed by atoms with Gasteiger partial charge in [0, 0.05) is 24.0 Å². The number of benzene rings is 2. The Labute approximate surface area is 209 Å². The third kappa shape index (κ3) is 4.73. The topological polar surface area (TPSA) is 46.5 Å². The van der Waals surface area contributed by atoms with Crippen LogP contribution in [-0.4, -0.2) is 47.8 Å². The van der Waals surface area contributed by atoms with E-state index in [1.807, 2.05) is 26.2 Å². The Hall–Kier alpha value is -2.37. The van der Waals surface area contributed by atoms with E-state index in [0.29, 0.717) is 41.6 Å². The summed E-state index contributed by atoms with van der Waals surface area (Å²) in [6.45, 7) is 0. The highest BCUT2D eigenvalue weighted by molar-refractivity contribution is 5.85. The Balaban J connectivity index is 0.00000216. The first-order valence-electron chi connectivity index (χ1n) is 10.1. The van der Waals surface area contributed by atoms with Crippen molar-refractivity contribution in [3.63, 3.8) is 0 Å². The molecule has 4 rings (SSSR count). The number of esters is 1. The number of carbonyl (C=O) groups excluding carboxylic acids is 1. The molecule has 0 radical (unpaired) electrons. The summed E-state index contributed by atoms with van der Waals surface area (Å²) in [5.41, 5.74) is -4.90. The summed E-state index contributed by atoms with van der Waals surface area (Å²) in [5, 5.41) is 11.3. The van der Waals surface area contributed by atoms with Gasteiger partial charge in [0.2, 0.25) is 5.60 Å². The summed E-state index contributed by atoms with van der Waals surface area (Å²) in [5.74, 6) is -12.2. The molecule has 2 unspecified atom stereocenters. The molecule has 1 N–H and O–H groups in total. The van der Waals surface area contributed by atoms with Gasteiger partial charge < -0.3 is 31.3 Å². The lowest BCUT2D eigenvalue weighted by Gasteiger charge is -2.44. The van der Waals surface area contributed by atoms with Crippen molar-refractivity contribution in [3.8, 4) is 0 Å². The summed E-state index contributed by atoms with van der Waals surface area (Å²) in [7, 11) is 4.00. The van der Waals surface area contributed by atoms with Gasteiger partial charge in [0.05, 0.1) is 14.1 Å². The molecule has 0 saturated carbocycles. The molecule has 0 spiro atoms. The number of rotatable bonds is 4. The normalized spacial score (nSPS) is 22.3. The predicted octanol–water partition coefficient (Wildman–Crippen LogP) is 1.49. The smallest absolute Gasteiger partial charge is 0.347 e. The van der Waals surface area contributed by atoms with E-state index in [9.17, 15) is 36.2 Å². The van der Waals surface area contributed by atoms with Crippen molar-refractivity contribution in [2.45, 2.75) is 44.1 Å². The van der Waals surface area contributed by atoms with Crippen molar-refractivity contribution in [1.82, 2.24) is 0 Å². The minimum Gasteiger partial charge on any atom is -1.00 e. The lowest BCUT2D eigenvalue weighted by atomic mass is 9.85. The molecule has 11 heteroatoms. The number of quaternary nitrogens is 1. The second-order valence-electron chi connectivity index (χ2n) is 8.87. The number of carbonyl (C=O) groups is 1. The van der Waals surface area contributed by atoms with Crippen LogP contribution in [0.25, 0.3) is 0 Å². The van der Waals surface area contributed by atoms with Crippen LogP contribution in [0.3, 0.4) is 0 Å². The zero-order valence-corrected chi connectivity index (χ0v) is 19.6. The molecule has 35 heavy (non-hydrogen) atoms. The molecular weight excluding hydrogens is 544 g/mol. The van der Waals surface area contributed by atoms with Gasteiger partial charge in [0.25, 0.3) is 0 Å². The van der Waals surface area contributed by atoms with Crippen LogP contribution in [0.15, 0.2) is 36.4 Å². The third-order valence-corrected chi connectivity index (χ3v) is 6.65. The molecule has 2 aromatic carbocycles. The highest BCUT2D eigenvalue weighted by Crippen LogP contribution is 2.39. The largest absolute Gasteiger partial charge is 1.00 e. The maximum Gasteiger partial charge on any atom is 0.347 e. The Kier molecular flexibility index (Phi) is 8.20. The monoisotopic (exact) mass is 567 g/mol. The van der Waals surface area contributed by atoms with Crippen LogP contribution in [0.5, 0.6) is 0 Å². The molecule has 3 atom stereocenters. The van der Waals surface area contributed by atoms with E-state index in [1.54, 1.807) is 0 Å². The van der Waals surface area contributed by atoms with Crippen LogP contribution in [0.1, 0.15) is 31.4 Å². The number of fused-ring (bicyclic) bond motifs is 2. The molecule has 2 bridgehead atoms. The number of piperidine rings is 1. The lowest BCUT2D eigenvalue weighted by molar-refractivity contribution is -0.926. The summed E-state index contributed by atoms with van der Waals surface area (Å²) in [6, 6.07) is 1.23. The number of hydrogen-bond donors (Lipinski definition) is 1. The predicted molar refractivity (Wildman–Crippen MR) is 110 cm³/mol. The Morgan fingerprint density at radius 3 is 1.54 bits per heavy atom. The summed E-state index contributed by atoms with van der Waals surface area (Å²) >= 11 is 0. The van der Waals surface area contributed by atoms with Crippen molar-refractivity contribution in [1.29, 1.82) is 0 Å². The molecule has 1 saturated heterocycles. The van der Waals surface area contributed by atoms with Crippen molar-refractivity contribution in [3.05, 3.63) is 82.4 Å². The lowest BCUT2D eigenvalue weighted by Crippen LogP contribution is -3.00.